The van der Waals surface area contributed by atoms with Crippen LogP contribution in [0.25, 0.3) is 10.6 Å². The Labute approximate surface area is 123 Å². The van der Waals surface area contributed by atoms with Gasteiger partial charge in [-0.3, -0.25) is 4.79 Å². The van der Waals surface area contributed by atoms with E-state index in [-0.39, 0.29) is 0 Å². The van der Waals surface area contributed by atoms with Gasteiger partial charge in [-0.2, -0.15) is 0 Å². The first-order valence-electron chi connectivity index (χ1n) is 5.61. The van der Waals surface area contributed by atoms with Crippen molar-refractivity contribution in [2.24, 2.45) is 5.73 Å². The van der Waals surface area contributed by atoms with Gasteiger partial charge in [-0.25, -0.2) is 4.98 Å². The fourth-order valence-corrected chi connectivity index (χ4v) is 2.83. The Balaban J connectivity index is 2.41. The molecule has 100 valence electrons. The maximum absolute atomic E-state index is 10.8. The predicted molar refractivity (Wildman–Crippen MR) is 79.3 cm³/mol. The highest BCUT2D eigenvalue weighted by Gasteiger charge is 2.18. The standard InChI is InChI=1S/C13H13BrN2O2S/c1-6-3-8(4-7(2)10(6)14)12-16-9(5-19-12)11(15)13(17)18/h3-5,11H,15H2,1-2H3,(H,17,18). The van der Waals surface area contributed by atoms with E-state index >= 15 is 0 Å². The maximum atomic E-state index is 10.8. The molecule has 0 spiro atoms. The zero-order valence-corrected chi connectivity index (χ0v) is 12.9. The number of nitrogens with zero attached hydrogens (tertiary/aromatic N) is 1. The summed E-state index contributed by atoms with van der Waals surface area (Å²) < 4.78 is 1.08. The lowest BCUT2D eigenvalue weighted by Gasteiger charge is -2.06. The van der Waals surface area contributed by atoms with Crippen LogP contribution in [0.2, 0.25) is 0 Å². The number of thiazole rings is 1. The summed E-state index contributed by atoms with van der Waals surface area (Å²) in [7, 11) is 0. The maximum Gasteiger partial charge on any atom is 0.326 e. The highest BCUT2D eigenvalue weighted by Crippen LogP contribution is 2.31. The average Bonchev–Trinajstić information content (AvgIpc) is 2.83. The summed E-state index contributed by atoms with van der Waals surface area (Å²) >= 11 is 4.92. The van der Waals surface area contributed by atoms with Crippen molar-refractivity contribution in [2.75, 3.05) is 0 Å². The molecule has 2 aromatic rings. The molecule has 1 atom stereocenters. The minimum absolute atomic E-state index is 0.394. The smallest absolute Gasteiger partial charge is 0.326 e. The summed E-state index contributed by atoms with van der Waals surface area (Å²) in [5.41, 5.74) is 9.16. The molecule has 1 unspecified atom stereocenters. The average molecular weight is 341 g/mol. The van der Waals surface area contributed by atoms with E-state index < -0.39 is 12.0 Å². The topological polar surface area (TPSA) is 76.2 Å². The normalized spacial score (nSPS) is 12.4. The second-order valence-electron chi connectivity index (χ2n) is 4.32. The van der Waals surface area contributed by atoms with Crippen molar-refractivity contribution in [3.05, 3.63) is 38.8 Å². The molecular formula is C13H13BrN2O2S. The molecule has 0 fully saturated rings. The molecule has 0 saturated heterocycles. The predicted octanol–water partition coefficient (Wildman–Crippen LogP) is 3.27. The van der Waals surface area contributed by atoms with E-state index in [1.54, 1.807) is 5.38 Å². The molecule has 0 radical (unpaired) electrons. The van der Waals surface area contributed by atoms with Gasteiger partial charge in [0.25, 0.3) is 0 Å². The number of carboxylic acid groups (broad SMARTS) is 1. The van der Waals surface area contributed by atoms with Crippen LogP contribution >= 0.6 is 27.3 Å². The van der Waals surface area contributed by atoms with Crippen LogP contribution < -0.4 is 5.73 Å². The van der Waals surface area contributed by atoms with E-state index in [0.717, 1.165) is 26.2 Å². The van der Waals surface area contributed by atoms with Crippen LogP contribution in [0.4, 0.5) is 0 Å². The van der Waals surface area contributed by atoms with Gasteiger partial charge in [-0.05, 0) is 37.1 Å². The molecule has 0 amide bonds. The monoisotopic (exact) mass is 340 g/mol. The minimum atomic E-state index is -1.07. The lowest BCUT2D eigenvalue weighted by atomic mass is 10.1. The molecule has 19 heavy (non-hydrogen) atoms. The Morgan fingerprint density at radius 3 is 2.53 bits per heavy atom. The third kappa shape index (κ3) is 2.86. The van der Waals surface area contributed by atoms with Crippen LogP contribution in [0.5, 0.6) is 0 Å². The summed E-state index contributed by atoms with van der Waals surface area (Å²) in [4.78, 5) is 15.1. The van der Waals surface area contributed by atoms with E-state index in [1.807, 2.05) is 26.0 Å². The Morgan fingerprint density at radius 1 is 1.42 bits per heavy atom. The molecule has 6 heteroatoms. The van der Waals surface area contributed by atoms with Crippen LogP contribution in [0, 0.1) is 13.8 Å². The number of nitrogens with two attached hydrogens (primary N) is 1. The van der Waals surface area contributed by atoms with Crippen molar-refractivity contribution in [3.63, 3.8) is 0 Å². The lowest BCUT2D eigenvalue weighted by Crippen LogP contribution is -2.20. The Morgan fingerprint density at radius 2 is 2.00 bits per heavy atom. The Kier molecular flexibility index (Phi) is 4.03. The highest BCUT2D eigenvalue weighted by molar-refractivity contribution is 9.10. The fraction of sp³-hybridized carbons (Fsp3) is 0.231. The third-order valence-electron chi connectivity index (χ3n) is 2.79. The molecule has 0 aliphatic heterocycles. The van der Waals surface area contributed by atoms with Gasteiger partial charge < -0.3 is 10.8 Å². The van der Waals surface area contributed by atoms with Gasteiger partial charge in [0.2, 0.25) is 0 Å². The molecule has 0 saturated carbocycles. The number of hydrogen-bond donors (Lipinski definition) is 2. The summed E-state index contributed by atoms with van der Waals surface area (Å²) in [5.74, 6) is -1.07. The molecule has 0 aliphatic carbocycles. The van der Waals surface area contributed by atoms with E-state index in [9.17, 15) is 4.79 Å². The van der Waals surface area contributed by atoms with Crippen molar-refractivity contribution in [1.82, 2.24) is 4.98 Å². The summed E-state index contributed by atoms with van der Waals surface area (Å²) in [6, 6.07) is 2.97. The van der Waals surface area contributed by atoms with Crippen LogP contribution in [-0.4, -0.2) is 16.1 Å². The van der Waals surface area contributed by atoms with Gasteiger partial charge in [-0.1, -0.05) is 15.9 Å². The van der Waals surface area contributed by atoms with Crippen LogP contribution in [0.15, 0.2) is 22.0 Å². The number of aryl methyl sites for hydroxylation is 2. The SMILES string of the molecule is Cc1cc(-c2nc(C(N)C(=O)O)cs2)cc(C)c1Br. The van der Waals surface area contributed by atoms with E-state index in [0.29, 0.717) is 5.69 Å². The van der Waals surface area contributed by atoms with Crippen molar-refractivity contribution >= 4 is 33.2 Å². The summed E-state index contributed by atoms with van der Waals surface area (Å²) in [6.45, 7) is 4.02. The van der Waals surface area contributed by atoms with Crippen molar-refractivity contribution in [2.45, 2.75) is 19.9 Å². The number of aromatic nitrogens is 1. The molecule has 2 rings (SSSR count). The zero-order valence-electron chi connectivity index (χ0n) is 10.5. The van der Waals surface area contributed by atoms with Crippen LogP contribution in [0.1, 0.15) is 22.9 Å². The van der Waals surface area contributed by atoms with Gasteiger partial charge in [0, 0.05) is 15.4 Å². The zero-order chi connectivity index (χ0) is 14.2. The third-order valence-corrected chi connectivity index (χ3v) is 4.95. The Bertz CT molecular complexity index is 616. The largest absolute Gasteiger partial charge is 0.480 e. The molecule has 1 heterocycles. The van der Waals surface area contributed by atoms with Gasteiger partial charge in [0.1, 0.15) is 11.0 Å². The minimum Gasteiger partial charge on any atom is -0.480 e. The Hall–Kier alpha value is -1.24. The fourth-order valence-electron chi connectivity index (χ4n) is 1.76. The number of rotatable bonds is 3. The number of aliphatic carboxylic acids is 1. The first-order valence-corrected chi connectivity index (χ1v) is 7.28. The molecule has 0 bridgehead atoms. The second-order valence-corrected chi connectivity index (χ2v) is 5.97. The molecule has 4 nitrogen and oxygen atoms in total. The summed E-state index contributed by atoms with van der Waals surface area (Å²) in [5, 5.41) is 11.4. The first-order chi connectivity index (χ1) is 8.90. The van der Waals surface area contributed by atoms with Gasteiger partial charge in [-0.15, -0.1) is 11.3 Å². The first kappa shape index (κ1) is 14.2. The number of halogens is 1. The molecule has 3 N–H and O–H groups in total. The number of benzene rings is 1. The number of hydrogen-bond acceptors (Lipinski definition) is 4. The van der Waals surface area contributed by atoms with Crippen molar-refractivity contribution < 1.29 is 9.90 Å². The number of carbonyl (C=O) groups is 1. The molecule has 1 aromatic heterocycles. The van der Waals surface area contributed by atoms with Gasteiger partial charge >= 0.3 is 5.97 Å². The highest BCUT2D eigenvalue weighted by atomic mass is 79.9. The van der Waals surface area contributed by atoms with Crippen LogP contribution in [-0.2, 0) is 4.79 Å². The quantitative estimate of drug-likeness (QED) is 0.898. The van der Waals surface area contributed by atoms with Crippen molar-refractivity contribution in [1.29, 1.82) is 0 Å². The molecular weight excluding hydrogens is 328 g/mol. The van der Waals surface area contributed by atoms with Crippen molar-refractivity contribution in [3.8, 4) is 10.6 Å². The molecule has 1 aromatic carbocycles. The van der Waals surface area contributed by atoms with E-state index in [4.69, 9.17) is 10.8 Å². The van der Waals surface area contributed by atoms with Crippen LogP contribution in [0.3, 0.4) is 0 Å². The van der Waals surface area contributed by atoms with Gasteiger partial charge in [0.15, 0.2) is 0 Å². The second kappa shape index (κ2) is 5.40. The lowest BCUT2D eigenvalue weighted by molar-refractivity contribution is -0.138. The van der Waals surface area contributed by atoms with Gasteiger partial charge in [0.05, 0.1) is 5.69 Å². The molecule has 0 aliphatic rings. The summed E-state index contributed by atoms with van der Waals surface area (Å²) in [6.07, 6.45) is 0. The van der Waals surface area contributed by atoms with E-state index in [2.05, 4.69) is 20.9 Å². The van der Waals surface area contributed by atoms with E-state index in [1.165, 1.54) is 11.3 Å². The number of carboxylic acids is 1.